The summed E-state index contributed by atoms with van der Waals surface area (Å²) in [4.78, 5) is 0.133. The Balaban J connectivity index is 2.98. The number of hydrogen-bond acceptors (Lipinski definition) is 4. The summed E-state index contributed by atoms with van der Waals surface area (Å²) in [6.07, 6.45) is 2.75. The smallest absolute Gasteiger partial charge is 0.240 e. The van der Waals surface area contributed by atoms with E-state index in [4.69, 9.17) is 11.6 Å². The van der Waals surface area contributed by atoms with Crippen LogP contribution < -0.4 is 4.72 Å². The van der Waals surface area contributed by atoms with Gasteiger partial charge in [-0.2, -0.15) is 11.8 Å². The number of aliphatic hydroxyl groups excluding tert-OH is 1. The minimum absolute atomic E-state index is 0.133. The first-order valence-corrected chi connectivity index (χ1v) is 9.06. The normalized spacial score (nSPS) is 11.8. The van der Waals surface area contributed by atoms with Crippen molar-refractivity contribution in [2.24, 2.45) is 0 Å². The first-order chi connectivity index (χ1) is 8.92. The van der Waals surface area contributed by atoms with Gasteiger partial charge in [-0.15, -0.1) is 0 Å². The van der Waals surface area contributed by atoms with Crippen LogP contribution in [0.4, 0.5) is 0 Å². The monoisotopic (exact) mass is 323 g/mol. The topological polar surface area (TPSA) is 66.4 Å². The molecule has 1 aromatic carbocycles. The van der Waals surface area contributed by atoms with Crippen LogP contribution in [-0.4, -0.2) is 32.1 Å². The highest BCUT2D eigenvalue weighted by atomic mass is 35.5. The van der Waals surface area contributed by atoms with Crippen molar-refractivity contribution in [1.82, 2.24) is 4.72 Å². The Morgan fingerprint density at radius 1 is 1.42 bits per heavy atom. The number of nitrogens with one attached hydrogen (secondary N) is 1. The third kappa shape index (κ3) is 4.65. The van der Waals surface area contributed by atoms with E-state index in [1.54, 1.807) is 24.8 Å². The minimum atomic E-state index is -3.58. The minimum Gasteiger partial charge on any atom is -0.392 e. The van der Waals surface area contributed by atoms with E-state index in [0.29, 0.717) is 22.7 Å². The lowest BCUT2D eigenvalue weighted by Gasteiger charge is -2.12. The van der Waals surface area contributed by atoms with Gasteiger partial charge in [0.2, 0.25) is 10.0 Å². The van der Waals surface area contributed by atoms with Crippen LogP contribution in [0.1, 0.15) is 17.5 Å². The lowest BCUT2D eigenvalue weighted by atomic mass is 10.1. The Hall–Kier alpha value is -0.270. The van der Waals surface area contributed by atoms with E-state index in [0.717, 1.165) is 12.2 Å². The Kier molecular flexibility index (Phi) is 6.62. The van der Waals surface area contributed by atoms with Crippen molar-refractivity contribution in [1.29, 1.82) is 0 Å². The van der Waals surface area contributed by atoms with Crippen molar-refractivity contribution >= 4 is 33.4 Å². The highest BCUT2D eigenvalue weighted by molar-refractivity contribution is 7.98. The van der Waals surface area contributed by atoms with Crippen molar-refractivity contribution in [3.8, 4) is 0 Å². The molecule has 0 atom stereocenters. The third-order valence-electron chi connectivity index (χ3n) is 2.71. The molecule has 7 heteroatoms. The van der Waals surface area contributed by atoms with E-state index >= 15 is 0 Å². The maximum absolute atomic E-state index is 12.2. The molecule has 0 saturated carbocycles. The lowest BCUT2D eigenvalue weighted by Crippen LogP contribution is -2.26. The molecule has 1 aromatic rings. The quantitative estimate of drug-likeness (QED) is 0.755. The molecule has 0 saturated heterocycles. The molecular weight excluding hydrogens is 306 g/mol. The van der Waals surface area contributed by atoms with Crippen molar-refractivity contribution in [2.75, 3.05) is 18.6 Å². The van der Waals surface area contributed by atoms with Crippen LogP contribution in [-0.2, 0) is 16.6 Å². The molecule has 0 unspecified atom stereocenters. The molecule has 0 spiro atoms. The van der Waals surface area contributed by atoms with Gasteiger partial charge in [-0.1, -0.05) is 11.6 Å². The van der Waals surface area contributed by atoms with Crippen LogP contribution in [0.15, 0.2) is 17.0 Å². The number of halogens is 1. The fraction of sp³-hybridized carbons (Fsp3) is 0.500. The molecule has 2 N–H and O–H groups in total. The first-order valence-electron chi connectivity index (χ1n) is 5.81. The number of thioether (sulfide) groups is 1. The fourth-order valence-electron chi connectivity index (χ4n) is 1.65. The Morgan fingerprint density at radius 3 is 2.68 bits per heavy atom. The molecule has 0 aliphatic carbocycles. The van der Waals surface area contributed by atoms with Crippen LogP contribution in [0, 0.1) is 6.92 Å². The summed E-state index contributed by atoms with van der Waals surface area (Å²) in [6, 6.07) is 2.98. The van der Waals surface area contributed by atoms with E-state index < -0.39 is 10.0 Å². The zero-order valence-electron chi connectivity index (χ0n) is 10.9. The average molecular weight is 324 g/mol. The Labute approximate surface area is 123 Å². The van der Waals surface area contributed by atoms with Gasteiger partial charge in [0, 0.05) is 11.6 Å². The van der Waals surface area contributed by atoms with E-state index in [-0.39, 0.29) is 11.5 Å². The van der Waals surface area contributed by atoms with Gasteiger partial charge < -0.3 is 5.11 Å². The summed E-state index contributed by atoms with van der Waals surface area (Å²) < 4.78 is 26.9. The van der Waals surface area contributed by atoms with Crippen LogP contribution in [0.5, 0.6) is 0 Å². The number of benzene rings is 1. The van der Waals surface area contributed by atoms with Crippen molar-refractivity contribution in [2.45, 2.75) is 24.8 Å². The molecule has 0 fully saturated rings. The maximum atomic E-state index is 12.2. The van der Waals surface area contributed by atoms with Gasteiger partial charge in [0.05, 0.1) is 11.5 Å². The fourth-order valence-corrected chi connectivity index (χ4v) is 3.78. The predicted octanol–water partition coefficient (Wildman–Crippen LogP) is 2.17. The second kappa shape index (κ2) is 7.50. The molecule has 0 aliphatic rings. The molecule has 0 heterocycles. The largest absolute Gasteiger partial charge is 0.392 e. The zero-order valence-corrected chi connectivity index (χ0v) is 13.3. The van der Waals surface area contributed by atoms with E-state index in [2.05, 4.69) is 4.72 Å². The van der Waals surface area contributed by atoms with Gasteiger partial charge >= 0.3 is 0 Å². The average Bonchev–Trinajstić information content (AvgIpc) is 2.37. The highest BCUT2D eigenvalue weighted by Gasteiger charge is 2.19. The number of hydrogen-bond donors (Lipinski definition) is 2. The Morgan fingerprint density at radius 2 is 2.11 bits per heavy atom. The standard InChI is InChI=1S/C12H18ClNO3S2/c1-9-10(8-15)6-11(13)7-12(9)19(16,17)14-4-3-5-18-2/h6-7,14-15H,3-5,8H2,1-2H3. The molecule has 4 nitrogen and oxygen atoms in total. The highest BCUT2D eigenvalue weighted by Crippen LogP contribution is 2.24. The van der Waals surface area contributed by atoms with Gasteiger partial charge in [-0.3, -0.25) is 0 Å². The zero-order chi connectivity index (χ0) is 14.5. The number of aliphatic hydroxyl groups is 1. The molecule has 108 valence electrons. The molecule has 0 aromatic heterocycles. The second-order valence-corrected chi connectivity index (χ2v) is 7.25. The summed E-state index contributed by atoms with van der Waals surface area (Å²) in [5.74, 6) is 0.902. The maximum Gasteiger partial charge on any atom is 0.240 e. The van der Waals surface area contributed by atoms with Crippen molar-refractivity contribution in [3.63, 3.8) is 0 Å². The third-order valence-corrected chi connectivity index (χ3v) is 5.21. The van der Waals surface area contributed by atoms with Crippen LogP contribution >= 0.6 is 23.4 Å². The van der Waals surface area contributed by atoms with Gasteiger partial charge in [0.25, 0.3) is 0 Å². The summed E-state index contributed by atoms with van der Waals surface area (Å²) in [6.45, 7) is 1.82. The molecule has 0 bridgehead atoms. The predicted molar refractivity (Wildman–Crippen MR) is 80.3 cm³/mol. The molecular formula is C12H18ClNO3S2. The number of rotatable bonds is 7. The van der Waals surface area contributed by atoms with Gasteiger partial charge in [-0.05, 0) is 48.6 Å². The van der Waals surface area contributed by atoms with Gasteiger partial charge in [-0.25, -0.2) is 13.1 Å². The van der Waals surface area contributed by atoms with E-state index in [1.807, 2.05) is 6.26 Å². The summed E-state index contributed by atoms with van der Waals surface area (Å²) in [5.41, 5.74) is 1.06. The summed E-state index contributed by atoms with van der Waals surface area (Å²) in [5, 5.41) is 9.51. The molecule has 0 aliphatic heterocycles. The first kappa shape index (κ1) is 16.8. The second-order valence-electron chi connectivity index (χ2n) is 4.09. The molecule has 19 heavy (non-hydrogen) atoms. The molecule has 0 amide bonds. The number of sulfonamides is 1. The van der Waals surface area contributed by atoms with Crippen LogP contribution in [0.25, 0.3) is 0 Å². The van der Waals surface area contributed by atoms with Crippen molar-refractivity contribution in [3.05, 3.63) is 28.3 Å². The van der Waals surface area contributed by atoms with Gasteiger partial charge in [0.15, 0.2) is 0 Å². The van der Waals surface area contributed by atoms with Crippen LogP contribution in [0.2, 0.25) is 5.02 Å². The SMILES string of the molecule is CSCCCNS(=O)(=O)c1cc(Cl)cc(CO)c1C. The van der Waals surface area contributed by atoms with Gasteiger partial charge in [0.1, 0.15) is 0 Å². The Bertz CT molecular complexity index is 532. The summed E-state index contributed by atoms with van der Waals surface area (Å²) >= 11 is 7.55. The van der Waals surface area contributed by atoms with E-state index in [1.165, 1.54) is 6.07 Å². The molecule has 1 rings (SSSR count). The molecule has 0 radical (unpaired) electrons. The van der Waals surface area contributed by atoms with Crippen molar-refractivity contribution < 1.29 is 13.5 Å². The van der Waals surface area contributed by atoms with E-state index in [9.17, 15) is 13.5 Å². The summed E-state index contributed by atoms with van der Waals surface area (Å²) in [7, 11) is -3.58. The lowest BCUT2D eigenvalue weighted by molar-refractivity contribution is 0.280. The van der Waals surface area contributed by atoms with Crippen LogP contribution in [0.3, 0.4) is 0 Å².